The molecule has 2 rings (SSSR count). The van der Waals surface area contributed by atoms with Crippen LogP contribution in [0, 0.1) is 0 Å². The Kier molecular flexibility index (Phi) is 4.19. The first-order chi connectivity index (χ1) is 9.52. The third-order valence-corrected chi connectivity index (χ3v) is 2.93. The number of anilines is 1. The van der Waals surface area contributed by atoms with E-state index in [1.165, 1.54) is 6.33 Å². The second-order valence-corrected chi connectivity index (χ2v) is 4.49. The molecule has 0 saturated carbocycles. The smallest absolute Gasteiger partial charge is 0.328 e. The number of nitrogen functional groups attached to an aromatic ring is 1. The van der Waals surface area contributed by atoms with Gasteiger partial charge in [0.15, 0.2) is 11.0 Å². The number of nitrogens with two attached hydrogens (primary N) is 1. The van der Waals surface area contributed by atoms with Gasteiger partial charge in [0.05, 0.1) is 18.6 Å². The van der Waals surface area contributed by atoms with Gasteiger partial charge in [-0.15, -0.1) is 10.2 Å². The summed E-state index contributed by atoms with van der Waals surface area (Å²) in [6.07, 6.45) is 3.22. The Bertz CT molecular complexity index is 628. The highest BCUT2D eigenvalue weighted by molar-refractivity contribution is 6.29. The average molecular weight is 296 g/mol. The first-order valence-corrected chi connectivity index (χ1v) is 6.40. The van der Waals surface area contributed by atoms with Crippen molar-refractivity contribution in [2.24, 2.45) is 0 Å². The summed E-state index contributed by atoms with van der Waals surface area (Å²) in [7, 11) is 0. The lowest BCUT2D eigenvalue weighted by Gasteiger charge is -2.11. The number of aromatic nitrogens is 4. The van der Waals surface area contributed by atoms with E-state index in [2.05, 4.69) is 15.2 Å². The Labute approximate surface area is 120 Å². The van der Waals surface area contributed by atoms with Gasteiger partial charge in [0, 0.05) is 11.8 Å². The topological polar surface area (TPSA) is 95.9 Å². The van der Waals surface area contributed by atoms with Crippen molar-refractivity contribution in [3.63, 3.8) is 0 Å². The van der Waals surface area contributed by atoms with Crippen LogP contribution in [0.4, 0.5) is 5.82 Å². The van der Waals surface area contributed by atoms with E-state index in [9.17, 15) is 4.79 Å². The summed E-state index contributed by atoms with van der Waals surface area (Å²) < 4.78 is 6.60. The minimum Gasteiger partial charge on any atom is -0.464 e. The first-order valence-electron chi connectivity index (χ1n) is 6.02. The van der Waals surface area contributed by atoms with Gasteiger partial charge in [0.1, 0.15) is 6.04 Å². The van der Waals surface area contributed by atoms with Gasteiger partial charge >= 0.3 is 5.97 Å². The number of hydrogen-bond donors (Lipinski definition) is 1. The van der Waals surface area contributed by atoms with Crippen LogP contribution >= 0.6 is 11.6 Å². The molecule has 0 aliphatic heterocycles. The van der Waals surface area contributed by atoms with Gasteiger partial charge in [-0.1, -0.05) is 11.6 Å². The van der Waals surface area contributed by atoms with Gasteiger partial charge in [-0.3, -0.25) is 0 Å². The van der Waals surface area contributed by atoms with Gasteiger partial charge in [-0.05, 0) is 19.9 Å². The lowest BCUT2D eigenvalue weighted by molar-refractivity contribution is -0.146. The van der Waals surface area contributed by atoms with Crippen molar-refractivity contribution >= 4 is 23.4 Å². The second kappa shape index (κ2) is 5.87. The molecule has 1 atom stereocenters. The number of esters is 1. The van der Waals surface area contributed by atoms with Crippen LogP contribution in [0.2, 0.25) is 5.15 Å². The number of hydrogen-bond acceptors (Lipinski definition) is 6. The van der Waals surface area contributed by atoms with Gasteiger partial charge < -0.3 is 15.0 Å². The Morgan fingerprint density at radius 1 is 1.55 bits per heavy atom. The average Bonchev–Trinajstić information content (AvgIpc) is 2.90. The number of carbonyl (C=O) groups excluding carboxylic acids is 1. The van der Waals surface area contributed by atoms with Crippen molar-refractivity contribution in [1.29, 1.82) is 0 Å². The Balaban J connectivity index is 2.29. The van der Waals surface area contributed by atoms with Crippen molar-refractivity contribution in [3.8, 4) is 11.3 Å². The molecular formula is C12H14ClN5O2. The fourth-order valence-electron chi connectivity index (χ4n) is 1.65. The van der Waals surface area contributed by atoms with Crippen molar-refractivity contribution < 1.29 is 9.53 Å². The van der Waals surface area contributed by atoms with Crippen LogP contribution in [0.1, 0.15) is 19.9 Å². The van der Waals surface area contributed by atoms with E-state index in [1.54, 1.807) is 30.7 Å². The maximum atomic E-state index is 11.7. The monoisotopic (exact) mass is 295 g/mol. The molecule has 0 bridgehead atoms. The van der Waals surface area contributed by atoms with E-state index in [0.29, 0.717) is 17.9 Å². The quantitative estimate of drug-likeness (QED) is 0.862. The molecule has 8 heteroatoms. The van der Waals surface area contributed by atoms with E-state index in [4.69, 9.17) is 22.1 Å². The fourth-order valence-corrected chi connectivity index (χ4v) is 1.80. The molecule has 0 aliphatic rings. The zero-order chi connectivity index (χ0) is 14.7. The summed E-state index contributed by atoms with van der Waals surface area (Å²) in [6.45, 7) is 3.82. The molecule has 0 aliphatic carbocycles. The minimum absolute atomic E-state index is 0.224. The van der Waals surface area contributed by atoms with Crippen molar-refractivity contribution in [3.05, 3.63) is 23.7 Å². The van der Waals surface area contributed by atoms with Crippen molar-refractivity contribution in [2.75, 3.05) is 12.3 Å². The molecule has 0 saturated heterocycles. The lowest BCUT2D eigenvalue weighted by atomic mass is 10.2. The number of nitrogens with zero attached hydrogens (tertiary/aromatic N) is 4. The van der Waals surface area contributed by atoms with Crippen LogP contribution in [-0.4, -0.2) is 32.3 Å². The molecule has 2 aromatic heterocycles. The normalized spacial score (nSPS) is 12.2. The summed E-state index contributed by atoms with van der Waals surface area (Å²) >= 11 is 5.79. The van der Waals surface area contributed by atoms with Crippen LogP contribution in [0.25, 0.3) is 11.3 Å². The van der Waals surface area contributed by atoms with Crippen molar-refractivity contribution in [2.45, 2.75) is 19.9 Å². The van der Waals surface area contributed by atoms with E-state index >= 15 is 0 Å². The zero-order valence-electron chi connectivity index (χ0n) is 11.1. The molecule has 0 amide bonds. The molecule has 0 spiro atoms. The Morgan fingerprint density at radius 3 is 3.00 bits per heavy atom. The van der Waals surface area contributed by atoms with Crippen LogP contribution in [0.3, 0.4) is 0 Å². The molecule has 7 nitrogen and oxygen atoms in total. The van der Waals surface area contributed by atoms with Crippen LogP contribution < -0.4 is 5.73 Å². The van der Waals surface area contributed by atoms with Crippen LogP contribution in [0.15, 0.2) is 18.6 Å². The molecule has 2 aromatic rings. The van der Waals surface area contributed by atoms with E-state index in [1.807, 2.05) is 0 Å². The predicted molar refractivity (Wildman–Crippen MR) is 74.0 cm³/mol. The molecule has 20 heavy (non-hydrogen) atoms. The number of rotatable bonds is 4. The van der Waals surface area contributed by atoms with Crippen molar-refractivity contribution in [1.82, 2.24) is 19.7 Å². The van der Waals surface area contributed by atoms with Gasteiger partial charge in [0.25, 0.3) is 0 Å². The van der Waals surface area contributed by atoms with Gasteiger partial charge in [-0.2, -0.15) is 0 Å². The maximum absolute atomic E-state index is 11.7. The van der Waals surface area contributed by atoms with Gasteiger partial charge in [0.2, 0.25) is 0 Å². The maximum Gasteiger partial charge on any atom is 0.328 e. The summed E-state index contributed by atoms with van der Waals surface area (Å²) in [5, 5.41) is 7.59. The summed E-state index contributed by atoms with van der Waals surface area (Å²) in [6, 6.07) is 1.11. The second-order valence-electron chi connectivity index (χ2n) is 4.10. The molecule has 1 unspecified atom stereocenters. The SMILES string of the molecule is CCOC(=O)C(C)n1cnc(-c2cc(Cl)nnc2N)c1. The third kappa shape index (κ3) is 2.88. The molecule has 106 valence electrons. The largest absolute Gasteiger partial charge is 0.464 e. The third-order valence-electron chi connectivity index (χ3n) is 2.75. The van der Waals surface area contributed by atoms with Crippen LogP contribution in [-0.2, 0) is 9.53 Å². The van der Waals surface area contributed by atoms with E-state index < -0.39 is 6.04 Å². The molecule has 0 radical (unpaired) electrons. The van der Waals surface area contributed by atoms with E-state index in [0.717, 1.165) is 0 Å². The highest BCUT2D eigenvalue weighted by atomic mass is 35.5. The predicted octanol–water partition coefficient (Wildman–Crippen LogP) is 1.70. The number of halogens is 1. The van der Waals surface area contributed by atoms with Crippen LogP contribution in [0.5, 0.6) is 0 Å². The van der Waals surface area contributed by atoms with E-state index in [-0.39, 0.29) is 16.9 Å². The number of imidazole rings is 1. The number of carbonyl (C=O) groups is 1. The summed E-state index contributed by atoms with van der Waals surface area (Å²) in [4.78, 5) is 15.9. The highest BCUT2D eigenvalue weighted by Crippen LogP contribution is 2.25. The number of ether oxygens (including phenoxy) is 1. The standard InChI is InChI=1S/C12H14ClN5O2/c1-3-20-12(19)7(2)18-5-9(15-6-18)8-4-10(13)16-17-11(8)14/h4-7H,3H2,1-2H3,(H2,14,17). The molecule has 2 heterocycles. The minimum atomic E-state index is -0.470. The Hall–Kier alpha value is -2.15. The summed E-state index contributed by atoms with van der Waals surface area (Å²) in [5.74, 6) is -0.0984. The Morgan fingerprint density at radius 2 is 2.30 bits per heavy atom. The fraction of sp³-hybridized carbons (Fsp3) is 0.333. The molecule has 2 N–H and O–H groups in total. The summed E-state index contributed by atoms with van der Waals surface area (Å²) in [5.41, 5.74) is 6.88. The zero-order valence-corrected chi connectivity index (χ0v) is 11.8. The molecule has 0 fully saturated rings. The first kappa shape index (κ1) is 14.3. The molecule has 0 aromatic carbocycles. The highest BCUT2D eigenvalue weighted by Gasteiger charge is 2.17. The van der Waals surface area contributed by atoms with Gasteiger partial charge in [-0.25, -0.2) is 9.78 Å². The molecular weight excluding hydrogens is 282 g/mol. The lowest BCUT2D eigenvalue weighted by Crippen LogP contribution is -2.17.